The van der Waals surface area contributed by atoms with E-state index in [0.717, 1.165) is 44.6 Å². The maximum atomic E-state index is 12.5. The van der Waals surface area contributed by atoms with Crippen LogP contribution in [0.4, 0.5) is 0 Å². The van der Waals surface area contributed by atoms with Crippen molar-refractivity contribution in [2.24, 2.45) is 0 Å². The SMILES string of the molecule is O=C(/C=C/c1ccc(Cl)cc1)N1CCC(N2CCc3sccc3C2)CC1. The summed E-state index contributed by atoms with van der Waals surface area (Å²) in [7, 11) is 0. The Hall–Kier alpha value is -1.62. The highest BCUT2D eigenvalue weighted by Crippen LogP contribution is 2.28. The van der Waals surface area contributed by atoms with Gasteiger partial charge in [-0.25, -0.2) is 0 Å². The van der Waals surface area contributed by atoms with E-state index in [4.69, 9.17) is 11.6 Å². The average Bonchev–Trinajstić information content (AvgIpc) is 3.15. The molecule has 1 amide bonds. The molecule has 1 aromatic heterocycles. The predicted octanol–water partition coefficient (Wildman–Crippen LogP) is 4.46. The Morgan fingerprint density at radius 2 is 1.88 bits per heavy atom. The van der Waals surface area contributed by atoms with Crippen LogP contribution in [0, 0.1) is 0 Å². The van der Waals surface area contributed by atoms with E-state index in [-0.39, 0.29) is 5.91 Å². The first-order valence-corrected chi connectivity index (χ1v) is 10.5. The topological polar surface area (TPSA) is 23.6 Å². The Kier molecular flexibility index (Phi) is 5.44. The lowest BCUT2D eigenvalue weighted by atomic mass is 9.99. The highest BCUT2D eigenvalue weighted by Gasteiger charge is 2.28. The number of halogens is 1. The van der Waals surface area contributed by atoms with Gasteiger partial charge in [-0.3, -0.25) is 9.69 Å². The summed E-state index contributed by atoms with van der Waals surface area (Å²) in [6.07, 6.45) is 6.87. The van der Waals surface area contributed by atoms with Crippen LogP contribution in [0.5, 0.6) is 0 Å². The van der Waals surface area contributed by atoms with Crippen molar-refractivity contribution < 1.29 is 4.79 Å². The maximum absolute atomic E-state index is 12.5. The van der Waals surface area contributed by atoms with Gasteiger partial charge in [0, 0.05) is 48.2 Å². The summed E-state index contributed by atoms with van der Waals surface area (Å²) in [6, 6.07) is 10.4. The molecule has 136 valence electrons. The normalized spacial score (nSPS) is 19.0. The molecule has 0 bridgehead atoms. The summed E-state index contributed by atoms with van der Waals surface area (Å²) in [5.74, 6) is 0.108. The number of rotatable bonds is 3. The molecule has 3 nitrogen and oxygen atoms in total. The van der Waals surface area contributed by atoms with E-state index < -0.39 is 0 Å². The Labute approximate surface area is 163 Å². The van der Waals surface area contributed by atoms with Gasteiger partial charge in [-0.1, -0.05) is 23.7 Å². The van der Waals surface area contributed by atoms with Gasteiger partial charge in [-0.2, -0.15) is 0 Å². The van der Waals surface area contributed by atoms with E-state index in [0.29, 0.717) is 11.1 Å². The molecule has 1 saturated heterocycles. The summed E-state index contributed by atoms with van der Waals surface area (Å²) in [6.45, 7) is 3.93. The largest absolute Gasteiger partial charge is 0.339 e. The summed E-state index contributed by atoms with van der Waals surface area (Å²) < 4.78 is 0. The standard InChI is InChI=1S/C21H23ClN2OS/c22-18-4-1-16(2-5-18)3-6-21(25)23-11-7-19(8-12-23)24-13-9-20-17(15-24)10-14-26-20/h1-6,10,14,19H,7-9,11-13,15H2/b6-3+. The van der Waals surface area contributed by atoms with Gasteiger partial charge >= 0.3 is 0 Å². The smallest absolute Gasteiger partial charge is 0.246 e. The van der Waals surface area contributed by atoms with Crippen molar-refractivity contribution in [3.8, 4) is 0 Å². The molecule has 5 heteroatoms. The van der Waals surface area contributed by atoms with E-state index in [1.807, 2.05) is 46.6 Å². The fourth-order valence-electron chi connectivity index (χ4n) is 3.88. The van der Waals surface area contributed by atoms with Crippen molar-refractivity contribution in [2.45, 2.75) is 31.8 Å². The van der Waals surface area contributed by atoms with Crippen molar-refractivity contribution in [2.75, 3.05) is 19.6 Å². The lowest BCUT2D eigenvalue weighted by Gasteiger charge is -2.40. The molecule has 1 aromatic carbocycles. The highest BCUT2D eigenvalue weighted by molar-refractivity contribution is 7.10. The van der Waals surface area contributed by atoms with E-state index >= 15 is 0 Å². The number of amides is 1. The van der Waals surface area contributed by atoms with Gasteiger partial charge in [0.2, 0.25) is 5.91 Å². The Balaban J connectivity index is 1.29. The third-order valence-corrected chi connectivity index (χ3v) is 6.69. The minimum absolute atomic E-state index is 0.108. The first-order chi connectivity index (χ1) is 12.7. The van der Waals surface area contributed by atoms with Crippen molar-refractivity contribution in [1.82, 2.24) is 9.80 Å². The predicted molar refractivity (Wildman–Crippen MR) is 109 cm³/mol. The number of fused-ring (bicyclic) bond motifs is 1. The fraction of sp³-hybridized carbons (Fsp3) is 0.381. The number of nitrogens with zero attached hydrogens (tertiary/aromatic N) is 2. The van der Waals surface area contributed by atoms with Crippen LogP contribution in [-0.4, -0.2) is 41.4 Å². The molecule has 0 unspecified atom stereocenters. The monoisotopic (exact) mass is 386 g/mol. The van der Waals surface area contributed by atoms with Crippen LogP contribution in [0.1, 0.15) is 28.8 Å². The minimum atomic E-state index is 0.108. The Morgan fingerprint density at radius 3 is 2.65 bits per heavy atom. The van der Waals surface area contributed by atoms with E-state index in [1.165, 1.54) is 12.0 Å². The second kappa shape index (κ2) is 7.95. The summed E-state index contributed by atoms with van der Waals surface area (Å²) in [4.78, 5) is 18.6. The van der Waals surface area contributed by atoms with Gasteiger partial charge in [0.05, 0.1) is 0 Å². The molecule has 1 fully saturated rings. The number of likely N-dealkylation sites (tertiary alicyclic amines) is 1. The molecule has 2 aliphatic rings. The average molecular weight is 387 g/mol. The van der Waals surface area contributed by atoms with Crippen LogP contribution < -0.4 is 0 Å². The second-order valence-electron chi connectivity index (χ2n) is 7.03. The van der Waals surface area contributed by atoms with Crippen molar-refractivity contribution in [1.29, 1.82) is 0 Å². The third kappa shape index (κ3) is 4.03. The van der Waals surface area contributed by atoms with Gasteiger partial charge < -0.3 is 4.90 Å². The van der Waals surface area contributed by atoms with Crippen LogP contribution >= 0.6 is 22.9 Å². The van der Waals surface area contributed by atoms with E-state index in [9.17, 15) is 4.79 Å². The highest BCUT2D eigenvalue weighted by atomic mass is 35.5. The van der Waals surface area contributed by atoms with E-state index in [1.54, 1.807) is 11.0 Å². The van der Waals surface area contributed by atoms with Crippen LogP contribution in [0.2, 0.25) is 5.02 Å². The number of hydrogen-bond acceptors (Lipinski definition) is 3. The number of carbonyl (C=O) groups excluding carboxylic acids is 1. The number of carbonyl (C=O) groups is 1. The van der Waals surface area contributed by atoms with Crippen molar-refractivity contribution in [3.63, 3.8) is 0 Å². The number of piperidine rings is 1. The van der Waals surface area contributed by atoms with Gasteiger partial charge in [0.1, 0.15) is 0 Å². The first-order valence-electron chi connectivity index (χ1n) is 9.21. The zero-order valence-electron chi connectivity index (χ0n) is 14.7. The van der Waals surface area contributed by atoms with Crippen molar-refractivity contribution >= 4 is 34.9 Å². The number of benzene rings is 1. The molecule has 0 radical (unpaired) electrons. The van der Waals surface area contributed by atoms with Crippen LogP contribution in [0.3, 0.4) is 0 Å². The summed E-state index contributed by atoms with van der Waals surface area (Å²) in [5, 5.41) is 2.92. The van der Waals surface area contributed by atoms with E-state index in [2.05, 4.69) is 16.3 Å². The minimum Gasteiger partial charge on any atom is -0.339 e. The van der Waals surface area contributed by atoms with Gasteiger partial charge in [-0.05, 0) is 60.0 Å². The molecule has 4 rings (SSSR count). The first kappa shape index (κ1) is 17.8. The van der Waals surface area contributed by atoms with Crippen LogP contribution in [-0.2, 0) is 17.8 Å². The molecule has 3 heterocycles. The molecule has 2 aromatic rings. The number of thiophene rings is 1. The zero-order valence-corrected chi connectivity index (χ0v) is 16.3. The molecule has 26 heavy (non-hydrogen) atoms. The zero-order chi connectivity index (χ0) is 17.9. The molecular weight excluding hydrogens is 364 g/mol. The molecule has 0 atom stereocenters. The van der Waals surface area contributed by atoms with Crippen molar-refractivity contribution in [3.05, 3.63) is 62.8 Å². The second-order valence-corrected chi connectivity index (χ2v) is 8.47. The van der Waals surface area contributed by atoms with Crippen LogP contribution in [0.15, 0.2) is 41.8 Å². The van der Waals surface area contributed by atoms with Gasteiger partial charge in [0.15, 0.2) is 0 Å². The fourth-order valence-corrected chi connectivity index (χ4v) is 4.90. The maximum Gasteiger partial charge on any atom is 0.246 e. The molecule has 0 spiro atoms. The molecule has 0 N–H and O–H groups in total. The molecular formula is C21H23ClN2OS. The van der Waals surface area contributed by atoms with Gasteiger partial charge in [0.25, 0.3) is 0 Å². The Bertz CT molecular complexity index is 791. The lowest BCUT2D eigenvalue weighted by Crippen LogP contribution is -2.47. The lowest BCUT2D eigenvalue weighted by molar-refractivity contribution is -0.127. The summed E-state index contributed by atoms with van der Waals surface area (Å²) in [5.41, 5.74) is 2.50. The van der Waals surface area contributed by atoms with Gasteiger partial charge in [-0.15, -0.1) is 11.3 Å². The molecule has 2 aliphatic heterocycles. The Morgan fingerprint density at radius 1 is 1.12 bits per heavy atom. The summed E-state index contributed by atoms with van der Waals surface area (Å²) >= 11 is 7.78. The van der Waals surface area contributed by atoms with Crippen LogP contribution in [0.25, 0.3) is 6.08 Å². The number of hydrogen-bond donors (Lipinski definition) is 0. The third-order valence-electron chi connectivity index (χ3n) is 5.42. The quantitative estimate of drug-likeness (QED) is 0.727. The molecule has 0 aliphatic carbocycles. The molecule has 0 saturated carbocycles.